The number of likely N-dealkylation sites (N-methyl/N-ethyl adjacent to an activating group) is 1. The third-order valence-corrected chi connectivity index (χ3v) is 4.23. The molecular formula is C16H24F2N2O. The number of ether oxygens (including phenoxy) is 1. The minimum absolute atomic E-state index is 0.121. The van der Waals surface area contributed by atoms with Crippen molar-refractivity contribution >= 4 is 0 Å². The van der Waals surface area contributed by atoms with E-state index in [1.54, 1.807) is 0 Å². The molecule has 0 bridgehead atoms. The predicted molar refractivity (Wildman–Crippen MR) is 79.2 cm³/mol. The summed E-state index contributed by atoms with van der Waals surface area (Å²) in [6.45, 7) is 9.49. The fourth-order valence-electron chi connectivity index (χ4n) is 3.02. The van der Waals surface area contributed by atoms with Crippen molar-refractivity contribution in [3.05, 3.63) is 35.4 Å². The van der Waals surface area contributed by atoms with E-state index in [2.05, 4.69) is 10.2 Å². The molecule has 1 unspecified atom stereocenters. The number of benzene rings is 1. The van der Waals surface area contributed by atoms with Gasteiger partial charge in [-0.1, -0.05) is 13.0 Å². The molecule has 0 spiro atoms. The van der Waals surface area contributed by atoms with E-state index in [-0.39, 0.29) is 5.56 Å². The zero-order chi connectivity index (χ0) is 15.5. The van der Waals surface area contributed by atoms with Crippen molar-refractivity contribution in [2.24, 2.45) is 0 Å². The lowest BCUT2D eigenvalue weighted by Crippen LogP contribution is -2.56. The van der Waals surface area contributed by atoms with E-state index in [4.69, 9.17) is 4.74 Å². The lowest BCUT2D eigenvalue weighted by Gasteiger charge is -2.46. The van der Waals surface area contributed by atoms with Crippen molar-refractivity contribution in [2.45, 2.75) is 32.4 Å². The van der Waals surface area contributed by atoms with E-state index in [9.17, 15) is 8.78 Å². The summed E-state index contributed by atoms with van der Waals surface area (Å²) >= 11 is 0. The predicted octanol–water partition coefficient (Wildman–Crippen LogP) is 2.73. The van der Waals surface area contributed by atoms with Crippen LogP contribution in [0.25, 0.3) is 0 Å². The van der Waals surface area contributed by atoms with Crippen molar-refractivity contribution in [2.75, 3.05) is 32.8 Å². The van der Waals surface area contributed by atoms with E-state index in [1.165, 1.54) is 18.2 Å². The fraction of sp³-hybridized carbons (Fsp3) is 0.625. The van der Waals surface area contributed by atoms with Crippen LogP contribution in [0.1, 0.15) is 32.4 Å². The Bertz CT molecular complexity index is 453. The number of rotatable bonds is 5. The summed E-state index contributed by atoms with van der Waals surface area (Å²) in [6.07, 6.45) is 0. The summed E-state index contributed by atoms with van der Waals surface area (Å²) in [5, 5.41) is 3.26. The van der Waals surface area contributed by atoms with Crippen molar-refractivity contribution in [3.8, 4) is 0 Å². The van der Waals surface area contributed by atoms with Gasteiger partial charge in [-0.25, -0.2) is 8.78 Å². The number of hydrogen-bond donors (Lipinski definition) is 1. The molecule has 0 radical (unpaired) electrons. The van der Waals surface area contributed by atoms with E-state index in [0.29, 0.717) is 19.8 Å². The van der Waals surface area contributed by atoms with Gasteiger partial charge in [-0.3, -0.25) is 4.90 Å². The highest BCUT2D eigenvalue weighted by molar-refractivity contribution is 5.26. The Hall–Kier alpha value is -1.04. The summed E-state index contributed by atoms with van der Waals surface area (Å²) in [6, 6.07) is 3.62. The highest BCUT2D eigenvalue weighted by Gasteiger charge is 2.39. The molecule has 1 heterocycles. The minimum Gasteiger partial charge on any atom is -0.379 e. The van der Waals surface area contributed by atoms with Gasteiger partial charge in [-0.2, -0.15) is 0 Å². The molecule has 2 rings (SSSR count). The average molecular weight is 298 g/mol. The van der Waals surface area contributed by atoms with Crippen LogP contribution in [0.4, 0.5) is 8.78 Å². The van der Waals surface area contributed by atoms with E-state index < -0.39 is 23.2 Å². The van der Waals surface area contributed by atoms with Gasteiger partial charge in [0.05, 0.1) is 19.3 Å². The van der Waals surface area contributed by atoms with Crippen LogP contribution in [0, 0.1) is 11.6 Å². The molecule has 1 atom stereocenters. The van der Waals surface area contributed by atoms with Crippen LogP contribution in [-0.4, -0.2) is 43.3 Å². The molecular weight excluding hydrogens is 274 g/mol. The first-order chi connectivity index (χ1) is 9.98. The number of morpholine rings is 1. The molecule has 0 aliphatic carbocycles. The molecule has 3 nitrogen and oxygen atoms in total. The third kappa shape index (κ3) is 3.42. The van der Waals surface area contributed by atoms with Gasteiger partial charge in [0.25, 0.3) is 0 Å². The summed E-state index contributed by atoms with van der Waals surface area (Å²) in [5.74, 6) is -0.996. The number of hydrogen-bond acceptors (Lipinski definition) is 3. The van der Waals surface area contributed by atoms with Crippen LogP contribution in [0.3, 0.4) is 0 Å². The Kier molecular flexibility index (Phi) is 5.30. The molecule has 1 aliphatic rings. The molecule has 1 fully saturated rings. The molecule has 1 saturated heterocycles. The Morgan fingerprint density at radius 2 is 1.81 bits per heavy atom. The molecule has 118 valence electrons. The topological polar surface area (TPSA) is 24.5 Å². The monoisotopic (exact) mass is 298 g/mol. The van der Waals surface area contributed by atoms with Gasteiger partial charge in [0.2, 0.25) is 0 Å². The number of nitrogens with one attached hydrogen (secondary N) is 1. The first-order valence-corrected chi connectivity index (χ1v) is 7.48. The van der Waals surface area contributed by atoms with Crippen LogP contribution in [0.5, 0.6) is 0 Å². The Balaban J connectivity index is 2.37. The lowest BCUT2D eigenvalue weighted by atomic mass is 9.85. The van der Waals surface area contributed by atoms with Crippen LogP contribution in [0.15, 0.2) is 18.2 Å². The van der Waals surface area contributed by atoms with Gasteiger partial charge in [0.1, 0.15) is 11.6 Å². The second-order valence-electron chi connectivity index (χ2n) is 5.88. The van der Waals surface area contributed by atoms with Gasteiger partial charge < -0.3 is 10.1 Å². The summed E-state index contributed by atoms with van der Waals surface area (Å²) < 4.78 is 33.8. The molecule has 0 aromatic heterocycles. The Labute approximate surface area is 125 Å². The average Bonchev–Trinajstić information content (AvgIpc) is 2.47. The standard InChI is InChI=1S/C16H24F2N2O/c1-4-19-15(14-12(17)6-5-7-13(14)18)16(2,3)20-8-10-21-11-9-20/h5-7,15,19H,4,8-11H2,1-3H3. The Morgan fingerprint density at radius 1 is 1.24 bits per heavy atom. The van der Waals surface area contributed by atoms with Gasteiger partial charge in [0, 0.05) is 24.2 Å². The zero-order valence-corrected chi connectivity index (χ0v) is 13.0. The molecule has 1 aromatic carbocycles. The van der Waals surface area contributed by atoms with E-state index >= 15 is 0 Å². The summed E-state index contributed by atoms with van der Waals surface area (Å²) in [7, 11) is 0. The molecule has 5 heteroatoms. The van der Waals surface area contributed by atoms with Crippen LogP contribution >= 0.6 is 0 Å². The first-order valence-electron chi connectivity index (χ1n) is 7.48. The number of halogens is 2. The summed E-state index contributed by atoms with van der Waals surface area (Å²) in [4.78, 5) is 2.23. The second kappa shape index (κ2) is 6.81. The van der Waals surface area contributed by atoms with Gasteiger partial charge in [0.15, 0.2) is 0 Å². The van der Waals surface area contributed by atoms with Crippen LogP contribution in [0.2, 0.25) is 0 Å². The maximum Gasteiger partial charge on any atom is 0.130 e. The van der Waals surface area contributed by atoms with Crippen molar-refractivity contribution in [3.63, 3.8) is 0 Å². The molecule has 1 aliphatic heterocycles. The Morgan fingerprint density at radius 3 is 2.33 bits per heavy atom. The molecule has 1 N–H and O–H groups in total. The normalized spacial score (nSPS) is 18.7. The van der Waals surface area contributed by atoms with E-state index in [0.717, 1.165) is 13.1 Å². The van der Waals surface area contributed by atoms with Crippen molar-refractivity contribution in [1.29, 1.82) is 0 Å². The smallest absolute Gasteiger partial charge is 0.130 e. The summed E-state index contributed by atoms with van der Waals surface area (Å²) in [5.41, 5.74) is -0.293. The van der Waals surface area contributed by atoms with E-state index in [1.807, 2.05) is 20.8 Å². The SMILES string of the molecule is CCNC(c1c(F)cccc1F)C(C)(C)N1CCOCC1. The number of nitrogens with zero attached hydrogens (tertiary/aromatic N) is 1. The van der Waals surface area contributed by atoms with Crippen molar-refractivity contribution in [1.82, 2.24) is 10.2 Å². The zero-order valence-electron chi connectivity index (χ0n) is 13.0. The van der Waals surface area contributed by atoms with Gasteiger partial charge >= 0.3 is 0 Å². The van der Waals surface area contributed by atoms with Gasteiger partial charge in [-0.15, -0.1) is 0 Å². The molecule has 21 heavy (non-hydrogen) atoms. The lowest BCUT2D eigenvalue weighted by molar-refractivity contribution is -0.0244. The largest absolute Gasteiger partial charge is 0.379 e. The molecule has 0 saturated carbocycles. The maximum absolute atomic E-state index is 14.2. The molecule has 1 aromatic rings. The highest BCUT2D eigenvalue weighted by Crippen LogP contribution is 2.34. The molecule has 0 amide bonds. The van der Waals surface area contributed by atoms with Crippen LogP contribution < -0.4 is 5.32 Å². The highest BCUT2D eigenvalue weighted by atomic mass is 19.1. The second-order valence-corrected chi connectivity index (χ2v) is 5.88. The van der Waals surface area contributed by atoms with Gasteiger partial charge in [-0.05, 0) is 32.5 Å². The maximum atomic E-state index is 14.2. The van der Waals surface area contributed by atoms with Crippen molar-refractivity contribution < 1.29 is 13.5 Å². The third-order valence-electron chi connectivity index (χ3n) is 4.23. The van der Waals surface area contributed by atoms with Crippen LogP contribution in [-0.2, 0) is 4.74 Å². The fourth-order valence-corrected chi connectivity index (χ4v) is 3.02. The minimum atomic E-state index is -0.498. The first kappa shape index (κ1) is 16.3. The quantitative estimate of drug-likeness (QED) is 0.904.